The Balaban J connectivity index is 3.36. The maximum absolute atomic E-state index is 13.3. The van der Waals surface area contributed by atoms with Crippen LogP contribution < -0.4 is 4.72 Å². The Morgan fingerprint density at radius 1 is 1.27 bits per heavy atom. The fourth-order valence-electron chi connectivity index (χ4n) is 0.970. The van der Waals surface area contributed by atoms with Crippen LogP contribution in [0.4, 0.5) is 13.2 Å². The van der Waals surface area contributed by atoms with Crippen molar-refractivity contribution >= 4 is 10.0 Å². The third-order valence-corrected chi connectivity index (χ3v) is 3.23. The summed E-state index contributed by atoms with van der Waals surface area (Å²) >= 11 is 0. The number of benzene rings is 1. The van der Waals surface area contributed by atoms with Gasteiger partial charge in [0.05, 0.1) is 5.56 Å². The fraction of sp³-hybridized carbons (Fsp3) is 0.250. The lowest BCUT2D eigenvalue weighted by Gasteiger charge is -2.16. The summed E-state index contributed by atoms with van der Waals surface area (Å²) < 4.78 is 62.9. The standard InChI is InChI=1S/C8H8F3NO2S/c1-12-15(13,14)8(10,11)6-4-2-3-5-7(6)9/h2-5,12H,1H3. The van der Waals surface area contributed by atoms with Gasteiger partial charge in [-0.2, -0.15) is 8.78 Å². The van der Waals surface area contributed by atoms with Gasteiger partial charge in [-0.3, -0.25) is 0 Å². The number of nitrogens with one attached hydrogen (secondary N) is 1. The van der Waals surface area contributed by atoms with E-state index in [4.69, 9.17) is 0 Å². The third kappa shape index (κ3) is 1.98. The molecule has 0 saturated carbocycles. The van der Waals surface area contributed by atoms with Crippen LogP contribution in [0.1, 0.15) is 5.56 Å². The molecule has 1 aromatic rings. The molecule has 84 valence electrons. The zero-order chi connectivity index (χ0) is 11.7. The van der Waals surface area contributed by atoms with Crippen molar-refractivity contribution in [1.82, 2.24) is 4.72 Å². The number of rotatable bonds is 3. The molecule has 0 amide bonds. The molecule has 7 heteroatoms. The zero-order valence-electron chi connectivity index (χ0n) is 7.67. The van der Waals surface area contributed by atoms with Crippen LogP contribution in [0, 0.1) is 5.82 Å². The van der Waals surface area contributed by atoms with Crippen molar-refractivity contribution in [1.29, 1.82) is 0 Å². The first kappa shape index (κ1) is 12.0. The Labute approximate surface area is 85.0 Å². The summed E-state index contributed by atoms with van der Waals surface area (Å²) in [5.41, 5.74) is -1.17. The van der Waals surface area contributed by atoms with Gasteiger partial charge in [0.1, 0.15) is 5.82 Å². The van der Waals surface area contributed by atoms with Crippen LogP contribution in [0.5, 0.6) is 0 Å². The molecule has 0 aliphatic rings. The second-order valence-electron chi connectivity index (χ2n) is 2.70. The van der Waals surface area contributed by atoms with Gasteiger partial charge in [0.2, 0.25) is 0 Å². The van der Waals surface area contributed by atoms with E-state index >= 15 is 0 Å². The molecule has 0 spiro atoms. The minimum atomic E-state index is -4.90. The predicted octanol–water partition coefficient (Wildman–Crippen LogP) is 1.42. The number of sulfonamides is 1. The quantitative estimate of drug-likeness (QED) is 0.867. The van der Waals surface area contributed by atoms with Crippen molar-refractivity contribution in [3.63, 3.8) is 0 Å². The molecule has 0 bridgehead atoms. The summed E-state index contributed by atoms with van der Waals surface area (Å²) in [6.07, 6.45) is 0. The number of alkyl halides is 2. The summed E-state index contributed by atoms with van der Waals surface area (Å²) in [6.45, 7) is 0. The van der Waals surface area contributed by atoms with E-state index in [9.17, 15) is 21.6 Å². The maximum Gasteiger partial charge on any atom is 0.387 e. The Kier molecular flexibility index (Phi) is 3.05. The Hall–Kier alpha value is -1.08. The van der Waals surface area contributed by atoms with E-state index in [1.54, 1.807) is 0 Å². The maximum atomic E-state index is 13.3. The Bertz CT molecular complexity index is 459. The molecule has 0 fully saturated rings. The van der Waals surface area contributed by atoms with Crippen molar-refractivity contribution in [2.45, 2.75) is 5.25 Å². The minimum Gasteiger partial charge on any atom is -0.213 e. The van der Waals surface area contributed by atoms with Crippen LogP contribution in [-0.4, -0.2) is 15.5 Å². The monoisotopic (exact) mass is 239 g/mol. The van der Waals surface area contributed by atoms with Gasteiger partial charge < -0.3 is 0 Å². The van der Waals surface area contributed by atoms with Crippen molar-refractivity contribution in [2.75, 3.05) is 7.05 Å². The second kappa shape index (κ2) is 3.82. The lowest BCUT2D eigenvalue weighted by molar-refractivity contribution is 0.0849. The molecule has 0 aliphatic carbocycles. The van der Waals surface area contributed by atoms with E-state index in [-0.39, 0.29) is 0 Å². The van der Waals surface area contributed by atoms with Gasteiger partial charge in [-0.1, -0.05) is 12.1 Å². The van der Waals surface area contributed by atoms with E-state index in [2.05, 4.69) is 0 Å². The van der Waals surface area contributed by atoms with E-state index in [1.807, 2.05) is 0 Å². The van der Waals surface area contributed by atoms with E-state index in [0.29, 0.717) is 0 Å². The lowest BCUT2D eigenvalue weighted by atomic mass is 10.2. The molecule has 1 N–H and O–H groups in total. The number of halogens is 3. The second-order valence-corrected chi connectivity index (χ2v) is 4.63. The van der Waals surface area contributed by atoms with Crippen LogP contribution in [0.15, 0.2) is 24.3 Å². The molecule has 0 unspecified atom stereocenters. The first-order valence-corrected chi connectivity index (χ1v) is 5.37. The predicted molar refractivity (Wildman–Crippen MR) is 48.3 cm³/mol. The van der Waals surface area contributed by atoms with Gasteiger partial charge in [0.25, 0.3) is 10.0 Å². The van der Waals surface area contributed by atoms with E-state index in [0.717, 1.165) is 25.2 Å². The van der Waals surface area contributed by atoms with Gasteiger partial charge >= 0.3 is 5.25 Å². The van der Waals surface area contributed by atoms with Crippen LogP contribution in [0.2, 0.25) is 0 Å². The van der Waals surface area contributed by atoms with Crippen molar-refractivity contribution in [3.8, 4) is 0 Å². The van der Waals surface area contributed by atoms with Crippen LogP contribution in [-0.2, 0) is 15.3 Å². The SMILES string of the molecule is CNS(=O)(=O)C(F)(F)c1ccccc1F. The highest BCUT2D eigenvalue weighted by Crippen LogP contribution is 2.34. The van der Waals surface area contributed by atoms with Crippen molar-refractivity contribution in [2.24, 2.45) is 0 Å². The van der Waals surface area contributed by atoms with Crippen LogP contribution in [0.3, 0.4) is 0 Å². The molecule has 0 aromatic heterocycles. The van der Waals surface area contributed by atoms with E-state index in [1.165, 1.54) is 10.8 Å². The number of hydrogen-bond acceptors (Lipinski definition) is 2. The fourth-order valence-corrected chi connectivity index (χ4v) is 1.68. The molecule has 0 atom stereocenters. The van der Waals surface area contributed by atoms with Gasteiger partial charge in [-0.15, -0.1) is 0 Å². The summed E-state index contributed by atoms with van der Waals surface area (Å²) in [5.74, 6) is -1.26. The normalized spacial score (nSPS) is 12.8. The molecule has 0 aliphatic heterocycles. The van der Waals surface area contributed by atoms with Gasteiger partial charge in [-0.05, 0) is 19.2 Å². The van der Waals surface area contributed by atoms with Crippen molar-refractivity contribution in [3.05, 3.63) is 35.6 Å². The summed E-state index contributed by atoms with van der Waals surface area (Å²) in [5, 5.41) is -4.28. The number of hydrogen-bond donors (Lipinski definition) is 1. The molecule has 0 heterocycles. The minimum absolute atomic E-state index is 0.726. The summed E-state index contributed by atoms with van der Waals surface area (Å²) in [7, 11) is -4.06. The first-order valence-electron chi connectivity index (χ1n) is 3.89. The molecule has 0 saturated heterocycles. The first-order chi connectivity index (χ1) is 6.83. The Morgan fingerprint density at radius 2 is 1.80 bits per heavy atom. The lowest BCUT2D eigenvalue weighted by Crippen LogP contribution is -2.36. The molecule has 3 nitrogen and oxygen atoms in total. The topological polar surface area (TPSA) is 46.2 Å². The van der Waals surface area contributed by atoms with Crippen LogP contribution >= 0.6 is 0 Å². The zero-order valence-corrected chi connectivity index (χ0v) is 8.48. The molecular weight excluding hydrogens is 231 g/mol. The molecule has 0 radical (unpaired) electrons. The summed E-state index contributed by atoms with van der Waals surface area (Å²) in [4.78, 5) is 0. The van der Waals surface area contributed by atoms with Gasteiger partial charge in [0.15, 0.2) is 0 Å². The van der Waals surface area contributed by atoms with Gasteiger partial charge in [-0.25, -0.2) is 17.5 Å². The van der Waals surface area contributed by atoms with E-state index < -0.39 is 26.7 Å². The molecule has 1 rings (SSSR count). The van der Waals surface area contributed by atoms with Gasteiger partial charge in [0, 0.05) is 0 Å². The molecule has 1 aromatic carbocycles. The van der Waals surface area contributed by atoms with Crippen LogP contribution in [0.25, 0.3) is 0 Å². The third-order valence-electron chi connectivity index (χ3n) is 1.79. The highest BCUT2D eigenvalue weighted by Gasteiger charge is 2.47. The smallest absolute Gasteiger partial charge is 0.213 e. The highest BCUT2D eigenvalue weighted by atomic mass is 32.2. The molecular formula is C8H8F3NO2S. The average molecular weight is 239 g/mol. The molecule has 15 heavy (non-hydrogen) atoms. The largest absolute Gasteiger partial charge is 0.387 e. The highest BCUT2D eigenvalue weighted by molar-refractivity contribution is 7.90. The Morgan fingerprint density at radius 3 is 2.27 bits per heavy atom. The van der Waals surface area contributed by atoms with Crippen molar-refractivity contribution < 1.29 is 21.6 Å². The average Bonchev–Trinajstić information content (AvgIpc) is 2.18. The summed E-state index contributed by atoms with van der Waals surface area (Å²) in [6, 6.07) is 3.83.